The molecule has 23 heavy (non-hydrogen) atoms. The summed E-state index contributed by atoms with van der Waals surface area (Å²) in [5, 5.41) is 9.30. The van der Waals surface area contributed by atoms with Gasteiger partial charge < -0.3 is 5.11 Å². The van der Waals surface area contributed by atoms with Gasteiger partial charge >= 0.3 is 5.97 Å². The van der Waals surface area contributed by atoms with Crippen LogP contribution in [0.4, 0.5) is 4.39 Å². The molecule has 0 spiro atoms. The molecule has 1 aromatic carbocycles. The molecule has 4 atom stereocenters. The molecule has 0 radical (unpaired) electrons. The number of aliphatic carboxylic acids is 1. The molecule has 1 aromatic rings. The van der Waals surface area contributed by atoms with Crippen molar-refractivity contribution in [1.29, 1.82) is 0 Å². The van der Waals surface area contributed by atoms with Crippen LogP contribution in [0.5, 0.6) is 0 Å². The van der Waals surface area contributed by atoms with Crippen LogP contribution in [0.15, 0.2) is 36.4 Å². The van der Waals surface area contributed by atoms with Crippen LogP contribution in [-0.2, 0) is 9.59 Å². The SMILES string of the molecule is O=C(NNC(=O)C1C2C=CC(C2)C1C(=O)O)c1ccc(F)cc1. The van der Waals surface area contributed by atoms with Gasteiger partial charge in [-0.15, -0.1) is 0 Å². The lowest BCUT2D eigenvalue weighted by atomic mass is 9.82. The first-order valence-corrected chi connectivity index (χ1v) is 7.24. The number of nitrogens with one attached hydrogen (secondary N) is 2. The van der Waals surface area contributed by atoms with E-state index in [-0.39, 0.29) is 17.4 Å². The number of rotatable bonds is 3. The average molecular weight is 318 g/mol. The van der Waals surface area contributed by atoms with E-state index in [9.17, 15) is 23.9 Å². The number of hydrazine groups is 1. The van der Waals surface area contributed by atoms with Gasteiger partial charge in [-0.25, -0.2) is 4.39 Å². The van der Waals surface area contributed by atoms with Crippen LogP contribution >= 0.6 is 0 Å². The summed E-state index contributed by atoms with van der Waals surface area (Å²) in [6, 6.07) is 4.85. The summed E-state index contributed by atoms with van der Waals surface area (Å²) < 4.78 is 12.8. The molecule has 4 unspecified atom stereocenters. The fourth-order valence-corrected chi connectivity index (χ4v) is 3.39. The quantitative estimate of drug-likeness (QED) is 0.575. The van der Waals surface area contributed by atoms with Gasteiger partial charge in [0.1, 0.15) is 5.82 Å². The fourth-order valence-electron chi connectivity index (χ4n) is 3.39. The molecule has 7 heteroatoms. The number of carbonyl (C=O) groups is 3. The number of carbonyl (C=O) groups excluding carboxylic acids is 2. The predicted molar refractivity (Wildman–Crippen MR) is 77.4 cm³/mol. The molecule has 1 fully saturated rings. The number of benzene rings is 1. The Balaban J connectivity index is 1.63. The van der Waals surface area contributed by atoms with Crippen LogP contribution < -0.4 is 10.9 Å². The summed E-state index contributed by atoms with van der Waals surface area (Å²) in [6.07, 6.45) is 4.33. The molecule has 1 saturated carbocycles. The van der Waals surface area contributed by atoms with Gasteiger partial charge in [0.15, 0.2) is 0 Å². The highest BCUT2D eigenvalue weighted by Crippen LogP contribution is 2.48. The highest BCUT2D eigenvalue weighted by atomic mass is 19.1. The first kappa shape index (κ1) is 15.2. The van der Waals surface area contributed by atoms with Gasteiger partial charge in [-0.1, -0.05) is 12.2 Å². The normalized spacial score (nSPS) is 27.7. The number of allylic oxidation sites excluding steroid dienone is 2. The van der Waals surface area contributed by atoms with Crippen LogP contribution in [0.2, 0.25) is 0 Å². The maximum Gasteiger partial charge on any atom is 0.307 e. The zero-order valence-electron chi connectivity index (χ0n) is 12.0. The van der Waals surface area contributed by atoms with Crippen molar-refractivity contribution < 1.29 is 23.9 Å². The molecule has 3 N–H and O–H groups in total. The topological polar surface area (TPSA) is 95.5 Å². The van der Waals surface area contributed by atoms with Crippen molar-refractivity contribution in [3.63, 3.8) is 0 Å². The number of hydrogen-bond acceptors (Lipinski definition) is 3. The molecule has 0 saturated heterocycles. The number of amides is 2. The third-order valence-corrected chi connectivity index (χ3v) is 4.45. The Morgan fingerprint density at radius 1 is 1.00 bits per heavy atom. The molecule has 120 valence electrons. The van der Waals surface area contributed by atoms with Gasteiger partial charge in [-0.05, 0) is 42.5 Å². The first-order valence-electron chi connectivity index (χ1n) is 7.24. The Bertz CT molecular complexity index is 686. The van der Waals surface area contributed by atoms with E-state index in [1.54, 1.807) is 0 Å². The number of carboxylic acids is 1. The maximum atomic E-state index is 12.8. The molecule has 2 bridgehead atoms. The van der Waals surface area contributed by atoms with Crippen molar-refractivity contribution in [2.75, 3.05) is 0 Å². The van der Waals surface area contributed by atoms with Crippen LogP contribution in [0.1, 0.15) is 16.8 Å². The van der Waals surface area contributed by atoms with Gasteiger partial charge in [-0.3, -0.25) is 25.2 Å². The van der Waals surface area contributed by atoms with E-state index < -0.39 is 35.4 Å². The Labute approximate surface area is 131 Å². The van der Waals surface area contributed by atoms with Gasteiger partial charge in [0, 0.05) is 5.56 Å². The summed E-state index contributed by atoms with van der Waals surface area (Å²) in [4.78, 5) is 35.5. The Hall–Kier alpha value is -2.70. The molecular weight excluding hydrogens is 303 g/mol. The second-order valence-corrected chi connectivity index (χ2v) is 5.79. The molecule has 6 nitrogen and oxygen atoms in total. The molecule has 2 amide bonds. The lowest BCUT2D eigenvalue weighted by molar-refractivity contribution is -0.148. The second-order valence-electron chi connectivity index (χ2n) is 5.79. The fraction of sp³-hybridized carbons (Fsp3) is 0.312. The van der Waals surface area contributed by atoms with Gasteiger partial charge in [-0.2, -0.15) is 0 Å². The smallest absolute Gasteiger partial charge is 0.307 e. The second kappa shape index (κ2) is 5.83. The molecule has 2 aliphatic carbocycles. The number of halogens is 1. The van der Waals surface area contributed by atoms with E-state index in [4.69, 9.17) is 0 Å². The predicted octanol–water partition coefficient (Wildman–Crippen LogP) is 1.11. The van der Waals surface area contributed by atoms with Crippen molar-refractivity contribution in [1.82, 2.24) is 10.9 Å². The zero-order valence-corrected chi connectivity index (χ0v) is 12.0. The standard InChI is InChI=1S/C16H15FN2O4/c17-11-5-3-8(4-6-11)14(20)18-19-15(21)12-9-1-2-10(7-9)13(12)16(22)23/h1-6,9-10,12-13H,7H2,(H,18,20)(H,19,21)(H,22,23). The summed E-state index contributed by atoms with van der Waals surface area (Å²) in [5.74, 6) is -4.32. The minimum absolute atomic E-state index is 0.121. The van der Waals surface area contributed by atoms with Crippen LogP contribution in [-0.4, -0.2) is 22.9 Å². The minimum atomic E-state index is -1.01. The lowest BCUT2D eigenvalue weighted by Gasteiger charge is -2.23. The maximum absolute atomic E-state index is 12.8. The van der Waals surface area contributed by atoms with Crippen molar-refractivity contribution in [2.45, 2.75) is 6.42 Å². The van der Waals surface area contributed by atoms with Gasteiger partial charge in [0.25, 0.3) is 5.91 Å². The van der Waals surface area contributed by atoms with Crippen LogP contribution in [0, 0.1) is 29.5 Å². The van der Waals surface area contributed by atoms with Crippen molar-refractivity contribution in [3.05, 3.63) is 47.8 Å². The Morgan fingerprint density at radius 2 is 1.61 bits per heavy atom. The van der Waals surface area contributed by atoms with E-state index in [2.05, 4.69) is 10.9 Å². The van der Waals surface area contributed by atoms with Crippen molar-refractivity contribution in [3.8, 4) is 0 Å². The summed E-state index contributed by atoms with van der Waals surface area (Å²) in [6.45, 7) is 0. The van der Waals surface area contributed by atoms with E-state index in [1.807, 2.05) is 12.2 Å². The van der Waals surface area contributed by atoms with Crippen LogP contribution in [0.25, 0.3) is 0 Å². The largest absolute Gasteiger partial charge is 0.481 e. The Kier molecular flexibility index (Phi) is 3.85. The monoisotopic (exact) mass is 318 g/mol. The highest BCUT2D eigenvalue weighted by Gasteiger charge is 2.51. The third kappa shape index (κ3) is 2.81. The lowest BCUT2D eigenvalue weighted by Crippen LogP contribution is -2.48. The highest BCUT2D eigenvalue weighted by molar-refractivity contribution is 5.96. The van der Waals surface area contributed by atoms with E-state index in [1.165, 1.54) is 12.1 Å². The Morgan fingerprint density at radius 3 is 2.22 bits per heavy atom. The molecule has 0 aromatic heterocycles. The van der Waals surface area contributed by atoms with E-state index in [0.29, 0.717) is 6.42 Å². The first-order chi connectivity index (χ1) is 11.0. The number of hydrogen-bond donors (Lipinski definition) is 3. The summed E-state index contributed by atoms with van der Waals surface area (Å²) >= 11 is 0. The zero-order chi connectivity index (χ0) is 16.6. The van der Waals surface area contributed by atoms with E-state index in [0.717, 1.165) is 12.1 Å². The molecular formula is C16H15FN2O4. The average Bonchev–Trinajstić information content (AvgIpc) is 3.13. The van der Waals surface area contributed by atoms with Gasteiger partial charge in [0.05, 0.1) is 11.8 Å². The van der Waals surface area contributed by atoms with Gasteiger partial charge in [0.2, 0.25) is 5.91 Å². The van der Waals surface area contributed by atoms with Crippen molar-refractivity contribution in [2.24, 2.45) is 23.7 Å². The molecule has 2 aliphatic rings. The van der Waals surface area contributed by atoms with E-state index >= 15 is 0 Å². The third-order valence-electron chi connectivity index (χ3n) is 4.45. The van der Waals surface area contributed by atoms with Crippen LogP contribution in [0.3, 0.4) is 0 Å². The minimum Gasteiger partial charge on any atom is -0.481 e. The molecule has 0 heterocycles. The summed E-state index contributed by atoms with van der Waals surface area (Å²) in [5.41, 5.74) is 4.70. The van der Waals surface area contributed by atoms with Crippen molar-refractivity contribution >= 4 is 17.8 Å². The number of carboxylic acid groups (broad SMARTS) is 1. The summed E-state index contributed by atoms with van der Waals surface area (Å²) in [7, 11) is 0. The number of fused-ring (bicyclic) bond motifs is 2. The molecule has 0 aliphatic heterocycles. The molecule has 3 rings (SSSR count).